The smallest absolute Gasteiger partial charge is 0.242 e. The van der Waals surface area contributed by atoms with Gasteiger partial charge >= 0.3 is 0 Å². The van der Waals surface area contributed by atoms with Crippen molar-refractivity contribution in [1.29, 1.82) is 0 Å². The third kappa shape index (κ3) is 4.18. The fourth-order valence-corrected chi connectivity index (χ4v) is 1.46. The minimum atomic E-state index is -0.382. The number of aromatic nitrogens is 2. The average Bonchev–Trinajstić information content (AvgIpc) is 2.30. The van der Waals surface area contributed by atoms with Crippen LogP contribution in [0.5, 0.6) is 0 Å². The molecule has 1 atom stereocenters. The zero-order valence-corrected chi connectivity index (χ0v) is 11.4. The summed E-state index contributed by atoms with van der Waals surface area (Å²) in [6.07, 6.45) is 2.45. The Morgan fingerprint density at radius 3 is 3.00 bits per heavy atom. The minimum Gasteiger partial charge on any atom is -0.368 e. The van der Waals surface area contributed by atoms with E-state index in [9.17, 15) is 4.79 Å². The van der Waals surface area contributed by atoms with E-state index in [2.05, 4.69) is 36.5 Å². The van der Waals surface area contributed by atoms with Crippen LogP contribution in [0, 0.1) is 0 Å². The van der Waals surface area contributed by atoms with E-state index in [1.807, 2.05) is 6.92 Å². The van der Waals surface area contributed by atoms with E-state index < -0.39 is 0 Å². The molecule has 1 aromatic rings. The van der Waals surface area contributed by atoms with Crippen LogP contribution >= 0.6 is 15.9 Å². The molecule has 94 valence electrons. The second-order valence-electron chi connectivity index (χ2n) is 3.58. The number of nitrogens with two attached hydrogens (primary N) is 1. The van der Waals surface area contributed by atoms with Gasteiger partial charge in [0.1, 0.15) is 11.9 Å². The van der Waals surface area contributed by atoms with Gasteiger partial charge in [0, 0.05) is 12.7 Å². The van der Waals surface area contributed by atoms with Gasteiger partial charge in [0.05, 0.1) is 4.47 Å². The quantitative estimate of drug-likeness (QED) is 0.758. The highest BCUT2D eigenvalue weighted by Gasteiger charge is 2.14. The predicted molar refractivity (Wildman–Crippen MR) is 70.5 cm³/mol. The number of nitrogens with one attached hydrogen (secondary N) is 2. The molecule has 4 N–H and O–H groups in total. The SMILES string of the molecule is CCCNC(=O)C(C)Nc1nc(N)ncc1Br. The van der Waals surface area contributed by atoms with E-state index >= 15 is 0 Å². The van der Waals surface area contributed by atoms with Crippen LogP contribution in [0.2, 0.25) is 0 Å². The summed E-state index contributed by atoms with van der Waals surface area (Å²) in [4.78, 5) is 19.5. The van der Waals surface area contributed by atoms with Crippen molar-refractivity contribution in [2.24, 2.45) is 0 Å². The van der Waals surface area contributed by atoms with Gasteiger partial charge in [0.2, 0.25) is 11.9 Å². The van der Waals surface area contributed by atoms with Gasteiger partial charge < -0.3 is 16.4 Å². The average molecular weight is 302 g/mol. The lowest BCUT2D eigenvalue weighted by molar-refractivity contribution is -0.121. The largest absolute Gasteiger partial charge is 0.368 e. The van der Waals surface area contributed by atoms with E-state index in [4.69, 9.17) is 5.73 Å². The summed E-state index contributed by atoms with van der Waals surface area (Å²) in [5.74, 6) is 0.601. The van der Waals surface area contributed by atoms with Gasteiger partial charge in [-0.25, -0.2) is 4.98 Å². The Labute approximate surface area is 109 Å². The molecule has 0 aromatic carbocycles. The lowest BCUT2D eigenvalue weighted by Gasteiger charge is -2.15. The Kier molecular flexibility index (Phi) is 5.14. The highest BCUT2D eigenvalue weighted by Crippen LogP contribution is 2.19. The van der Waals surface area contributed by atoms with Crippen molar-refractivity contribution in [3.8, 4) is 0 Å². The van der Waals surface area contributed by atoms with Gasteiger partial charge in [-0.05, 0) is 29.3 Å². The maximum atomic E-state index is 11.6. The number of carbonyl (C=O) groups is 1. The fourth-order valence-electron chi connectivity index (χ4n) is 1.15. The number of nitrogens with zero attached hydrogens (tertiary/aromatic N) is 2. The third-order valence-corrected chi connectivity index (χ3v) is 2.64. The molecule has 1 aromatic heterocycles. The van der Waals surface area contributed by atoms with E-state index in [-0.39, 0.29) is 17.9 Å². The Hall–Kier alpha value is -1.37. The summed E-state index contributed by atoms with van der Waals surface area (Å²) in [5, 5.41) is 5.76. The lowest BCUT2D eigenvalue weighted by Crippen LogP contribution is -2.38. The number of hydrogen-bond donors (Lipinski definition) is 3. The van der Waals surface area contributed by atoms with Crippen LogP contribution in [0.1, 0.15) is 20.3 Å². The molecule has 0 saturated heterocycles. The van der Waals surface area contributed by atoms with Gasteiger partial charge in [-0.3, -0.25) is 4.79 Å². The highest BCUT2D eigenvalue weighted by atomic mass is 79.9. The third-order valence-electron chi connectivity index (χ3n) is 2.06. The molecule has 0 bridgehead atoms. The molecule has 0 radical (unpaired) electrons. The number of anilines is 2. The first kappa shape index (κ1) is 13.7. The van der Waals surface area contributed by atoms with Crippen molar-refractivity contribution < 1.29 is 4.79 Å². The maximum Gasteiger partial charge on any atom is 0.242 e. The van der Waals surface area contributed by atoms with Crippen LogP contribution in [0.4, 0.5) is 11.8 Å². The normalized spacial score (nSPS) is 11.9. The first-order valence-corrected chi connectivity index (χ1v) is 6.16. The van der Waals surface area contributed by atoms with Crippen LogP contribution in [-0.2, 0) is 4.79 Å². The van der Waals surface area contributed by atoms with Crippen molar-refractivity contribution >= 4 is 33.6 Å². The topological polar surface area (TPSA) is 92.9 Å². The summed E-state index contributed by atoms with van der Waals surface area (Å²) in [6, 6.07) is -0.382. The van der Waals surface area contributed by atoms with Gasteiger partial charge in [-0.2, -0.15) is 4.98 Å². The van der Waals surface area contributed by atoms with E-state index in [1.54, 1.807) is 13.1 Å². The van der Waals surface area contributed by atoms with Crippen LogP contribution < -0.4 is 16.4 Å². The van der Waals surface area contributed by atoms with E-state index in [0.717, 1.165) is 6.42 Å². The Bertz CT molecular complexity index is 398. The second kappa shape index (κ2) is 6.39. The molecule has 1 heterocycles. The molecular formula is C10H16BrN5O. The van der Waals surface area contributed by atoms with Crippen LogP contribution in [0.25, 0.3) is 0 Å². The Morgan fingerprint density at radius 1 is 1.65 bits per heavy atom. The minimum absolute atomic E-state index is 0.0732. The van der Waals surface area contributed by atoms with E-state index in [0.29, 0.717) is 16.8 Å². The first-order valence-electron chi connectivity index (χ1n) is 5.36. The summed E-state index contributed by atoms with van der Waals surface area (Å²) >= 11 is 3.29. The Balaban J connectivity index is 2.64. The molecule has 1 amide bonds. The molecule has 0 aliphatic rings. The van der Waals surface area contributed by atoms with Gasteiger partial charge in [-0.1, -0.05) is 6.92 Å². The molecular weight excluding hydrogens is 286 g/mol. The number of halogens is 1. The zero-order chi connectivity index (χ0) is 12.8. The molecule has 7 heteroatoms. The molecule has 0 aliphatic heterocycles. The van der Waals surface area contributed by atoms with Gasteiger partial charge in [-0.15, -0.1) is 0 Å². The summed E-state index contributed by atoms with van der Waals surface area (Å²) in [5.41, 5.74) is 5.48. The number of rotatable bonds is 5. The highest BCUT2D eigenvalue weighted by molar-refractivity contribution is 9.10. The summed E-state index contributed by atoms with van der Waals surface area (Å²) < 4.78 is 0.668. The van der Waals surface area contributed by atoms with Crippen molar-refractivity contribution in [3.05, 3.63) is 10.7 Å². The molecule has 1 rings (SSSR count). The monoisotopic (exact) mass is 301 g/mol. The molecule has 0 fully saturated rings. The van der Waals surface area contributed by atoms with E-state index in [1.165, 1.54) is 0 Å². The lowest BCUT2D eigenvalue weighted by atomic mass is 10.3. The van der Waals surface area contributed by atoms with Crippen LogP contribution in [-0.4, -0.2) is 28.5 Å². The molecule has 0 aliphatic carbocycles. The summed E-state index contributed by atoms with van der Waals surface area (Å²) in [7, 11) is 0. The first-order chi connectivity index (χ1) is 8.04. The number of hydrogen-bond acceptors (Lipinski definition) is 5. The standard InChI is InChI=1S/C10H16BrN5O/c1-3-4-13-9(17)6(2)15-8-7(11)5-14-10(12)16-8/h5-6H,3-4H2,1-2H3,(H,13,17)(H3,12,14,15,16). The molecule has 1 unspecified atom stereocenters. The summed E-state index contributed by atoms with van der Waals surface area (Å²) in [6.45, 7) is 4.42. The zero-order valence-electron chi connectivity index (χ0n) is 9.83. The Morgan fingerprint density at radius 2 is 2.35 bits per heavy atom. The number of nitrogen functional groups attached to an aromatic ring is 1. The number of carbonyl (C=O) groups excluding carboxylic acids is 1. The van der Waals surface area contributed by atoms with Crippen molar-refractivity contribution in [3.63, 3.8) is 0 Å². The van der Waals surface area contributed by atoms with Crippen molar-refractivity contribution in [2.45, 2.75) is 26.3 Å². The van der Waals surface area contributed by atoms with Crippen LogP contribution in [0.3, 0.4) is 0 Å². The molecule has 6 nitrogen and oxygen atoms in total. The van der Waals surface area contributed by atoms with Crippen molar-refractivity contribution in [1.82, 2.24) is 15.3 Å². The molecule has 17 heavy (non-hydrogen) atoms. The molecule has 0 spiro atoms. The predicted octanol–water partition coefficient (Wildman–Crippen LogP) is 1.15. The maximum absolute atomic E-state index is 11.6. The van der Waals surface area contributed by atoms with Crippen LogP contribution in [0.15, 0.2) is 10.7 Å². The molecule has 0 saturated carbocycles. The second-order valence-corrected chi connectivity index (χ2v) is 4.44. The van der Waals surface area contributed by atoms with Gasteiger partial charge in [0.25, 0.3) is 0 Å². The van der Waals surface area contributed by atoms with Gasteiger partial charge in [0.15, 0.2) is 0 Å². The number of amides is 1. The van der Waals surface area contributed by atoms with Crippen molar-refractivity contribution in [2.75, 3.05) is 17.6 Å². The fraction of sp³-hybridized carbons (Fsp3) is 0.500.